The molecule has 0 aliphatic heterocycles. The molecule has 0 N–H and O–H groups in total. The van der Waals surface area contributed by atoms with E-state index in [0.29, 0.717) is 0 Å². The molecule has 0 heterocycles. The molecular formula is C13H18. The summed E-state index contributed by atoms with van der Waals surface area (Å²) in [7, 11) is 0. The molecule has 1 saturated carbocycles. The van der Waals surface area contributed by atoms with E-state index in [0.717, 1.165) is 23.7 Å². The highest BCUT2D eigenvalue weighted by molar-refractivity contribution is 5.12. The highest BCUT2D eigenvalue weighted by Gasteiger charge is 2.34. The maximum Gasteiger partial charge on any atom is -0.0142 e. The van der Waals surface area contributed by atoms with Crippen LogP contribution >= 0.6 is 0 Å². The molecule has 0 amide bonds. The van der Waals surface area contributed by atoms with Crippen LogP contribution < -0.4 is 0 Å². The van der Waals surface area contributed by atoms with Gasteiger partial charge >= 0.3 is 0 Å². The quantitative estimate of drug-likeness (QED) is 0.493. The van der Waals surface area contributed by atoms with Crippen LogP contribution in [0.2, 0.25) is 0 Å². The molecule has 4 atom stereocenters. The van der Waals surface area contributed by atoms with Crippen molar-refractivity contribution >= 4 is 0 Å². The zero-order chi connectivity index (χ0) is 8.67. The highest BCUT2D eigenvalue weighted by atomic mass is 14.4. The zero-order valence-corrected chi connectivity index (χ0v) is 8.15. The van der Waals surface area contributed by atoms with Gasteiger partial charge in [-0.25, -0.2) is 0 Å². The summed E-state index contributed by atoms with van der Waals surface area (Å²) in [5.41, 5.74) is 0. The van der Waals surface area contributed by atoms with E-state index in [2.05, 4.69) is 24.3 Å². The molecule has 0 aromatic rings. The van der Waals surface area contributed by atoms with Gasteiger partial charge in [-0.2, -0.15) is 0 Å². The summed E-state index contributed by atoms with van der Waals surface area (Å²) < 4.78 is 0. The van der Waals surface area contributed by atoms with Gasteiger partial charge in [0.2, 0.25) is 0 Å². The SMILES string of the molecule is C1=CC2C3C=CC(CCC2CC1)C3. The van der Waals surface area contributed by atoms with Crippen molar-refractivity contribution in [3.05, 3.63) is 24.3 Å². The fourth-order valence-electron chi connectivity index (χ4n) is 3.48. The molecule has 3 aliphatic carbocycles. The van der Waals surface area contributed by atoms with Crippen molar-refractivity contribution < 1.29 is 0 Å². The van der Waals surface area contributed by atoms with Crippen molar-refractivity contribution in [2.24, 2.45) is 23.7 Å². The lowest BCUT2D eigenvalue weighted by Gasteiger charge is -2.29. The summed E-state index contributed by atoms with van der Waals surface area (Å²) >= 11 is 0. The summed E-state index contributed by atoms with van der Waals surface area (Å²) in [6.45, 7) is 0. The molecule has 3 rings (SSSR count). The van der Waals surface area contributed by atoms with E-state index in [4.69, 9.17) is 0 Å². The Morgan fingerprint density at radius 1 is 0.923 bits per heavy atom. The van der Waals surface area contributed by atoms with Gasteiger partial charge < -0.3 is 0 Å². The van der Waals surface area contributed by atoms with Crippen LogP contribution in [0.3, 0.4) is 0 Å². The van der Waals surface area contributed by atoms with Gasteiger partial charge in [-0.1, -0.05) is 24.3 Å². The lowest BCUT2D eigenvalue weighted by molar-refractivity contribution is 0.295. The Kier molecular flexibility index (Phi) is 1.81. The number of allylic oxidation sites excluding steroid dienone is 4. The standard InChI is InChI=1S/C13H18/c1-2-4-13-11(3-1)7-5-10-6-8-12(13)9-10/h2,4,6,8,10-13H,1,3,5,7,9H2. The molecular weight excluding hydrogens is 156 g/mol. The first kappa shape index (κ1) is 7.84. The second-order valence-corrected chi connectivity index (χ2v) is 4.96. The molecule has 2 bridgehead atoms. The van der Waals surface area contributed by atoms with Crippen LogP contribution in [-0.2, 0) is 0 Å². The monoisotopic (exact) mass is 174 g/mol. The number of hydrogen-bond acceptors (Lipinski definition) is 0. The third kappa shape index (κ3) is 1.27. The van der Waals surface area contributed by atoms with Gasteiger partial charge in [0.05, 0.1) is 0 Å². The van der Waals surface area contributed by atoms with Crippen LogP contribution in [0.1, 0.15) is 32.1 Å². The first-order valence-corrected chi connectivity index (χ1v) is 5.78. The van der Waals surface area contributed by atoms with Crippen molar-refractivity contribution in [1.82, 2.24) is 0 Å². The fourth-order valence-corrected chi connectivity index (χ4v) is 3.48. The Balaban J connectivity index is 1.90. The Morgan fingerprint density at radius 3 is 2.92 bits per heavy atom. The van der Waals surface area contributed by atoms with E-state index in [1.165, 1.54) is 32.1 Å². The highest BCUT2D eigenvalue weighted by Crippen LogP contribution is 2.45. The van der Waals surface area contributed by atoms with Crippen molar-refractivity contribution in [3.8, 4) is 0 Å². The maximum atomic E-state index is 2.51. The number of fused-ring (bicyclic) bond motifs is 4. The van der Waals surface area contributed by atoms with E-state index >= 15 is 0 Å². The van der Waals surface area contributed by atoms with Crippen LogP contribution in [0.4, 0.5) is 0 Å². The summed E-state index contributed by atoms with van der Waals surface area (Å²) in [6.07, 6.45) is 17.1. The second-order valence-electron chi connectivity index (χ2n) is 4.96. The molecule has 70 valence electrons. The van der Waals surface area contributed by atoms with Crippen LogP contribution in [0, 0.1) is 23.7 Å². The van der Waals surface area contributed by atoms with Crippen molar-refractivity contribution in [1.29, 1.82) is 0 Å². The molecule has 0 aromatic carbocycles. The Hall–Kier alpha value is -0.520. The minimum atomic E-state index is 0.897. The van der Waals surface area contributed by atoms with Crippen LogP contribution in [0.25, 0.3) is 0 Å². The minimum absolute atomic E-state index is 0.897. The van der Waals surface area contributed by atoms with Crippen molar-refractivity contribution in [2.75, 3.05) is 0 Å². The fraction of sp³-hybridized carbons (Fsp3) is 0.692. The van der Waals surface area contributed by atoms with Crippen molar-refractivity contribution in [3.63, 3.8) is 0 Å². The van der Waals surface area contributed by atoms with Crippen LogP contribution in [0.15, 0.2) is 24.3 Å². The molecule has 3 aliphatic rings. The van der Waals surface area contributed by atoms with Gasteiger partial charge in [0.1, 0.15) is 0 Å². The Bertz CT molecular complexity index is 249. The van der Waals surface area contributed by atoms with Gasteiger partial charge in [-0.3, -0.25) is 0 Å². The molecule has 1 fully saturated rings. The molecule has 0 saturated heterocycles. The smallest absolute Gasteiger partial charge is 0.0142 e. The van der Waals surface area contributed by atoms with Gasteiger partial charge in [0.15, 0.2) is 0 Å². The molecule has 0 spiro atoms. The van der Waals surface area contributed by atoms with Gasteiger partial charge in [0, 0.05) is 0 Å². The molecule has 4 unspecified atom stereocenters. The molecule has 0 aromatic heterocycles. The van der Waals surface area contributed by atoms with Gasteiger partial charge in [-0.15, -0.1) is 0 Å². The second kappa shape index (κ2) is 3.01. The Morgan fingerprint density at radius 2 is 1.92 bits per heavy atom. The van der Waals surface area contributed by atoms with Gasteiger partial charge in [-0.05, 0) is 55.8 Å². The third-order valence-electron chi connectivity index (χ3n) is 4.21. The van der Waals surface area contributed by atoms with Crippen LogP contribution in [0.5, 0.6) is 0 Å². The molecule has 13 heavy (non-hydrogen) atoms. The third-order valence-corrected chi connectivity index (χ3v) is 4.21. The Labute approximate surface area is 80.7 Å². The average molecular weight is 174 g/mol. The predicted molar refractivity (Wildman–Crippen MR) is 55.3 cm³/mol. The maximum absolute atomic E-state index is 2.51. The van der Waals surface area contributed by atoms with Crippen LogP contribution in [-0.4, -0.2) is 0 Å². The van der Waals surface area contributed by atoms with Crippen molar-refractivity contribution in [2.45, 2.75) is 32.1 Å². The number of rotatable bonds is 0. The molecule has 0 nitrogen and oxygen atoms in total. The average Bonchev–Trinajstić information content (AvgIpc) is 2.54. The predicted octanol–water partition coefficient (Wildman–Crippen LogP) is 3.55. The topological polar surface area (TPSA) is 0 Å². The van der Waals surface area contributed by atoms with E-state index in [9.17, 15) is 0 Å². The summed E-state index contributed by atoms with van der Waals surface area (Å²) in [6, 6.07) is 0. The van der Waals surface area contributed by atoms with E-state index in [1.807, 2.05) is 0 Å². The summed E-state index contributed by atoms with van der Waals surface area (Å²) in [5.74, 6) is 3.75. The van der Waals surface area contributed by atoms with E-state index in [1.54, 1.807) is 0 Å². The minimum Gasteiger partial charge on any atom is -0.0882 e. The lowest BCUT2D eigenvalue weighted by atomic mass is 9.76. The normalized spacial score (nSPS) is 47.4. The van der Waals surface area contributed by atoms with Gasteiger partial charge in [0.25, 0.3) is 0 Å². The summed E-state index contributed by atoms with van der Waals surface area (Å²) in [4.78, 5) is 0. The first-order chi connectivity index (χ1) is 6.43. The first-order valence-electron chi connectivity index (χ1n) is 5.78. The zero-order valence-electron chi connectivity index (χ0n) is 8.15. The van der Waals surface area contributed by atoms with E-state index in [-0.39, 0.29) is 0 Å². The molecule has 0 radical (unpaired) electrons. The lowest BCUT2D eigenvalue weighted by Crippen LogP contribution is -2.20. The number of hydrogen-bond donors (Lipinski definition) is 0. The largest absolute Gasteiger partial charge is 0.0882 e. The van der Waals surface area contributed by atoms with E-state index < -0.39 is 0 Å². The molecule has 0 heteroatoms. The summed E-state index contributed by atoms with van der Waals surface area (Å²) in [5, 5.41) is 0.